The van der Waals surface area contributed by atoms with Crippen LogP contribution in [0.15, 0.2) is 29.8 Å². The van der Waals surface area contributed by atoms with Gasteiger partial charge in [-0.05, 0) is 62.1 Å². The molecule has 120 valence electrons. The van der Waals surface area contributed by atoms with E-state index in [1.165, 1.54) is 18.4 Å². The van der Waals surface area contributed by atoms with Crippen LogP contribution in [0.1, 0.15) is 44.1 Å². The van der Waals surface area contributed by atoms with Crippen LogP contribution in [-0.2, 0) is 15.6 Å². The topological polar surface area (TPSA) is 34.1 Å². The minimum absolute atomic E-state index is 0.0481. The van der Waals surface area contributed by atoms with Crippen LogP contribution in [0.4, 0.5) is 0 Å². The summed E-state index contributed by atoms with van der Waals surface area (Å²) in [5.41, 5.74) is 2.09. The maximum atomic E-state index is 12.7. The Labute approximate surface area is 142 Å². The lowest BCUT2D eigenvalue weighted by Gasteiger charge is -2.33. The van der Waals surface area contributed by atoms with E-state index in [-0.39, 0.29) is 11.0 Å². The van der Waals surface area contributed by atoms with Crippen molar-refractivity contribution in [3.8, 4) is 0 Å². The maximum Gasteiger partial charge on any atom is 0.157 e. The molecule has 1 saturated carbocycles. The van der Waals surface area contributed by atoms with Crippen molar-refractivity contribution in [1.82, 2.24) is 0 Å². The predicted octanol–water partition coefficient (Wildman–Crippen LogP) is 5.19. The highest BCUT2D eigenvalue weighted by atomic mass is 35.5. The molecule has 5 heteroatoms. The molecule has 1 fully saturated rings. The molecular formula is C17H20Cl2O2S. The second-order valence-electron chi connectivity index (χ2n) is 6.37. The van der Waals surface area contributed by atoms with Gasteiger partial charge in [-0.15, -0.1) is 0 Å². The summed E-state index contributed by atoms with van der Waals surface area (Å²) in [5, 5.41) is 0.617. The van der Waals surface area contributed by atoms with E-state index in [0.717, 1.165) is 19.3 Å². The van der Waals surface area contributed by atoms with E-state index in [2.05, 4.69) is 6.08 Å². The van der Waals surface area contributed by atoms with Gasteiger partial charge in [0.1, 0.15) is 0 Å². The normalized spacial score (nSPS) is 25.5. The number of benzene rings is 1. The summed E-state index contributed by atoms with van der Waals surface area (Å²) in [4.78, 5) is 0. The van der Waals surface area contributed by atoms with Crippen molar-refractivity contribution in [2.24, 2.45) is 5.92 Å². The van der Waals surface area contributed by atoms with Crippen molar-refractivity contribution in [2.75, 3.05) is 0 Å². The molecule has 2 aliphatic rings. The number of allylic oxidation sites excluding steroid dienone is 2. The van der Waals surface area contributed by atoms with E-state index in [1.54, 1.807) is 18.2 Å². The molecular weight excluding hydrogens is 339 g/mol. The quantitative estimate of drug-likeness (QED) is 0.696. The van der Waals surface area contributed by atoms with Gasteiger partial charge in [0.05, 0.1) is 21.0 Å². The molecule has 2 aliphatic carbocycles. The zero-order valence-electron chi connectivity index (χ0n) is 12.4. The summed E-state index contributed by atoms with van der Waals surface area (Å²) in [7, 11) is -3.16. The fourth-order valence-electron chi connectivity index (χ4n) is 3.62. The summed E-state index contributed by atoms with van der Waals surface area (Å²) in [5.74, 6) is 0.678. The zero-order valence-corrected chi connectivity index (χ0v) is 14.7. The number of halogens is 2. The maximum absolute atomic E-state index is 12.7. The van der Waals surface area contributed by atoms with E-state index < -0.39 is 9.84 Å². The van der Waals surface area contributed by atoms with Crippen molar-refractivity contribution in [1.29, 1.82) is 0 Å². The molecule has 0 saturated heterocycles. The summed E-state index contributed by atoms with van der Waals surface area (Å²) in [6, 6.07) is 5.07. The van der Waals surface area contributed by atoms with E-state index in [1.807, 2.05) is 0 Å². The van der Waals surface area contributed by atoms with Crippen LogP contribution in [0.5, 0.6) is 0 Å². The van der Waals surface area contributed by atoms with Gasteiger partial charge in [-0.1, -0.05) is 40.9 Å². The van der Waals surface area contributed by atoms with Gasteiger partial charge in [0.25, 0.3) is 0 Å². The summed E-state index contributed by atoms with van der Waals surface area (Å²) >= 11 is 11.9. The first kappa shape index (κ1) is 16.4. The fraction of sp³-hybridized carbons (Fsp3) is 0.529. The smallest absolute Gasteiger partial charge is 0.157 e. The highest BCUT2D eigenvalue weighted by molar-refractivity contribution is 7.91. The zero-order chi connectivity index (χ0) is 15.7. The van der Waals surface area contributed by atoms with Gasteiger partial charge >= 0.3 is 0 Å². The van der Waals surface area contributed by atoms with E-state index in [0.29, 0.717) is 27.9 Å². The van der Waals surface area contributed by atoms with Gasteiger partial charge in [-0.25, -0.2) is 8.42 Å². The molecule has 0 spiro atoms. The van der Waals surface area contributed by atoms with Crippen molar-refractivity contribution < 1.29 is 8.42 Å². The molecule has 0 bridgehead atoms. The molecule has 3 rings (SSSR count). The van der Waals surface area contributed by atoms with Crippen LogP contribution in [0.2, 0.25) is 10.0 Å². The third-order valence-electron chi connectivity index (χ3n) is 4.85. The van der Waals surface area contributed by atoms with Crippen molar-refractivity contribution in [3.05, 3.63) is 45.5 Å². The molecule has 0 heterocycles. The van der Waals surface area contributed by atoms with Gasteiger partial charge in [-0.2, -0.15) is 0 Å². The molecule has 22 heavy (non-hydrogen) atoms. The molecule has 0 N–H and O–H groups in total. The molecule has 2 unspecified atom stereocenters. The molecule has 0 amide bonds. The van der Waals surface area contributed by atoms with Gasteiger partial charge in [0, 0.05) is 0 Å². The molecule has 0 aliphatic heterocycles. The van der Waals surface area contributed by atoms with Crippen molar-refractivity contribution in [3.63, 3.8) is 0 Å². The minimum atomic E-state index is -3.16. The third kappa shape index (κ3) is 3.52. The highest BCUT2D eigenvalue weighted by Crippen LogP contribution is 2.39. The third-order valence-corrected chi connectivity index (χ3v) is 7.74. The second-order valence-corrected chi connectivity index (χ2v) is 9.46. The van der Waals surface area contributed by atoms with Crippen LogP contribution in [0.25, 0.3) is 0 Å². The van der Waals surface area contributed by atoms with Crippen LogP contribution in [0, 0.1) is 5.92 Å². The second kappa shape index (κ2) is 6.54. The van der Waals surface area contributed by atoms with Crippen LogP contribution >= 0.6 is 23.2 Å². The molecule has 2 nitrogen and oxygen atoms in total. The molecule has 1 aromatic rings. The highest BCUT2D eigenvalue weighted by Gasteiger charge is 2.34. The average Bonchev–Trinajstić information content (AvgIpc) is 2.50. The lowest BCUT2D eigenvalue weighted by Crippen LogP contribution is -2.30. The largest absolute Gasteiger partial charge is 0.228 e. The van der Waals surface area contributed by atoms with E-state index in [4.69, 9.17) is 23.2 Å². The summed E-state index contributed by atoms with van der Waals surface area (Å²) < 4.78 is 25.4. The van der Waals surface area contributed by atoms with Gasteiger partial charge in [0.15, 0.2) is 9.84 Å². The SMILES string of the molecule is O=S(=O)(Cc1ccc(Cl)c(Cl)c1)C1CCC2CCCC=C2C1. The van der Waals surface area contributed by atoms with E-state index in [9.17, 15) is 8.42 Å². The Balaban J connectivity index is 1.75. The Morgan fingerprint density at radius 3 is 2.68 bits per heavy atom. The average molecular weight is 359 g/mol. The summed E-state index contributed by atoms with van der Waals surface area (Å²) in [6.45, 7) is 0. The number of rotatable bonds is 3. The van der Waals surface area contributed by atoms with Crippen LogP contribution in [-0.4, -0.2) is 13.7 Å². The first-order chi connectivity index (χ1) is 10.5. The first-order valence-corrected chi connectivity index (χ1v) is 10.3. The van der Waals surface area contributed by atoms with Crippen molar-refractivity contribution in [2.45, 2.75) is 49.5 Å². The number of hydrogen-bond acceptors (Lipinski definition) is 2. The first-order valence-electron chi connectivity index (χ1n) is 7.80. The lowest BCUT2D eigenvalue weighted by atomic mass is 9.77. The molecule has 0 radical (unpaired) electrons. The molecule has 0 aromatic heterocycles. The Bertz CT molecular complexity index is 695. The Morgan fingerprint density at radius 1 is 1.09 bits per heavy atom. The van der Waals surface area contributed by atoms with Crippen molar-refractivity contribution >= 4 is 33.0 Å². The Kier molecular flexibility index (Phi) is 4.86. The van der Waals surface area contributed by atoms with Crippen LogP contribution in [0.3, 0.4) is 0 Å². The molecule has 1 aromatic carbocycles. The molecule has 2 atom stereocenters. The van der Waals surface area contributed by atoms with Gasteiger partial charge in [0.2, 0.25) is 0 Å². The lowest BCUT2D eigenvalue weighted by molar-refractivity contribution is 0.399. The van der Waals surface area contributed by atoms with Gasteiger partial charge in [-0.3, -0.25) is 0 Å². The number of sulfone groups is 1. The van der Waals surface area contributed by atoms with Crippen LogP contribution < -0.4 is 0 Å². The number of fused-ring (bicyclic) bond motifs is 1. The Hall–Kier alpha value is -0.510. The monoisotopic (exact) mass is 358 g/mol. The minimum Gasteiger partial charge on any atom is -0.228 e. The predicted molar refractivity (Wildman–Crippen MR) is 92.1 cm³/mol. The standard InChI is InChI=1S/C17H20Cl2O2S/c18-16-8-5-12(9-17(16)19)11-22(20,21)15-7-6-13-3-1-2-4-14(13)10-15/h4-5,8-9,13,15H,1-3,6-7,10-11H2. The number of hydrogen-bond donors (Lipinski definition) is 0. The van der Waals surface area contributed by atoms with Gasteiger partial charge < -0.3 is 0 Å². The van der Waals surface area contributed by atoms with E-state index >= 15 is 0 Å². The summed E-state index contributed by atoms with van der Waals surface area (Å²) in [6.07, 6.45) is 8.36. The fourth-order valence-corrected chi connectivity index (χ4v) is 5.76. The Morgan fingerprint density at radius 2 is 1.91 bits per heavy atom.